The summed E-state index contributed by atoms with van der Waals surface area (Å²) in [6.07, 6.45) is 0. The predicted octanol–water partition coefficient (Wildman–Crippen LogP) is 18.0. The smallest absolute Gasteiger partial charge is 0.167 e. The van der Waals surface area contributed by atoms with E-state index in [-0.39, 0.29) is 0 Å². The number of hydrogen-bond donors (Lipinski definition) is 0. The largest absolute Gasteiger partial charge is 0.456 e. The summed E-state index contributed by atoms with van der Waals surface area (Å²) < 4.78 is 13.3. The molecule has 0 N–H and O–H groups in total. The van der Waals surface area contributed by atoms with Gasteiger partial charge < -0.3 is 8.83 Å². The summed E-state index contributed by atoms with van der Waals surface area (Å²) in [5, 5.41) is 3.97. The molecule has 0 bridgehead atoms. The second-order valence-electron chi connectivity index (χ2n) is 19.7. The molecular formula is C70H41N3O2. The van der Waals surface area contributed by atoms with Gasteiger partial charge in [0.25, 0.3) is 0 Å². The number of aromatic nitrogens is 3. The Kier molecular flexibility index (Phi) is 8.89. The van der Waals surface area contributed by atoms with Crippen molar-refractivity contribution < 1.29 is 8.83 Å². The maximum atomic E-state index is 6.69. The van der Waals surface area contributed by atoms with Crippen LogP contribution in [0.4, 0.5) is 0 Å². The average molecular weight is 956 g/mol. The monoisotopic (exact) mass is 955 g/mol. The zero-order valence-electron chi connectivity index (χ0n) is 40.3. The molecule has 0 aliphatic heterocycles. The van der Waals surface area contributed by atoms with Gasteiger partial charge in [0.05, 0.1) is 11.0 Å². The molecular weight excluding hydrogens is 915 g/mol. The molecule has 0 unspecified atom stereocenters. The van der Waals surface area contributed by atoms with Crippen LogP contribution in [0, 0.1) is 0 Å². The zero-order valence-corrected chi connectivity index (χ0v) is 40.3. The van der Waals surface area contributed by atoms with Crippen LogP contribution in [0.25, 0.3) is 134 Å². The van der Waals surface area contributed by atoms with Gasteiger partial charge in [-0.2, -0.15) is 0 Å². The Balaban J connectivity index is 0.867. The van der Waals surface area contributed by atoms with Crippen LogP contribution >= 0.6 is 0 Å². The Morgan fingerprint density at radius 1 is 0.267 bits per heavy atom. The third-order valence-corrected chi connectivity index (χ3v) is 15.8. The Morgan fingerprint density at radius 3 is 1.53 bits per heavy atom. The van der Waals surface area contributed by atoms with E-state index in [1.54, 1.807) is 0 Å². The average Bonchev–Trinajstić information content (AvgIpc) is 4.40. The van der Waals surface area contributed by atoms with Crippen LogP contribution in [0.1, 0.15) is 22.3 Å². The van der Waals surface area contributed by atoms with Gasteiger partial charge in [0.2, 0.25) is 0 Å². The molecule has 3 aromatic heterocycles. The number of hydrogen-bond acceptors (Lipinski definition) is 5. The molecule has 0 fully saturated rings. The molecule has 5 nitrogen and oxygen atoms in total. The molecule has 11 aromatic carbocycles. The van der Waals surface area contributed by atoms with Gasteiger partial charge in [-0.3, -0.25) is 0 Å². The molecule has 0 saturated carbocycles. The molecule has 0 atom stereocenters. The lowest BCUT2D eigenvalue weighted by atomic mass is 9.68. The van der Waals surface area contributed by atoms with Crippen LogP contribution < -0.4 is 0 Å². The summed E-state index contributed by atoms with van der Waals surface area (Å²) in [4.78, 5) is 15.9. The van der Waals surface area contributed by atoms with E-state index in [2.05, 4.69) is 206 Å². The van der Waals surface area contributed by atoms with Crippen molar-refractivity contribution in [3.63, 3.8) is 0 Å². The highest BCUT2D eigenvalue weighted by atomic mass is 16.3. The van der Waals surface area contributed by atoms with Gasteiger partial charge in [-0.1, -0.05) is 206 Å². The van der Waals surface area contributed by atoms with Crippen LogP contribution in [-0.2, 0) is 5.41 Å². The number of fused-ring (bicyclic) bond motifs is 16. The topological polar surface area (TPSA) is 65.0 Å². The summed E-state index contributed by atoms with van der Waals surface area (Å²) >= 11 is 0. The number of benzene rings is 11. The molecule has 16 rings (SSSR count). The highest BCUT2D eigenvalue weighted by Crippen LogP contribution is 2.64. The third-order valence-electron chi connectivity index (χ3n) is 15.8. The molecule has 14 aromatic rings. The van der Waals surface area contributed by atoms with E-state index in [0.29, 0.717) is 17.5 Å². The minimum atomic E-state index is -0.464. The van der Waals surface area contributed by atoms with Gasteiger partial charge in [0, 0.05) is 32.7 Å². The van der Waals surface area contributed by atoms with Crippen molar-refractivity contribution in [3.05, 3.63) is 271 Å². The lowest BCUT2D eigenvalue weighted by Crippen LogP contribution is -2.26. The molecule has 2 aliphatic rings. The maximum Gasteiger partial charge on any atom is 0.167 e. The quantitative estimate of drug-likeness (QED) is 0.166. The van der Waals surface area contributed by atoms with Gasteiger partial charge in [-0.15, -0.1) is 0 Å². The van der Waals surface area contributed by atoms with Crippen LogP contribution in [-0.4, -0.2) is 15.0 Å². The SMILES string of the molecule is c1ccc(-c2cccc(-c3nc(-c4cccc5c4oc4ccccc45)nc(-c4cccc5oc6ccc(-c7cccc(-c8cccc9c8C8(c%10ccccc%10-c%10ccccc%108)c8ccccc8-9)c7)cc6c45)n3)c2)cc1. The van der Waals surface area contributed by atoms with Crippen molar-refractivity contribution in [2.45, 2.75) is 5.41 Å². The first kappa shape index (κ1) is 41.6. The van der Waals surface area contributed by atoms with Crippen LogP contribution in [0.5, 0.6) is 0 Å². The molecule has 0 saturated heterocycles. The van der Waals surface area contributed by atoms with E-state index >= 15 is 0 Å². The Morgan fingerprint density at radius 2 is 0.747 bits per heavy atom. The lowest BCUT2D eigenvalue weighted by molar-refractivity contribution is 0.668. The van der Waals surface area contributed by atoms with Crippen LogP contribution in [0.15, 0.2) is 258 Å². The van der Waals surface area contributed by atoms with Crippen molar-refractivity contribution in [2.24, 2.45) is 0 Å². The number of rotatable bonds is 6. The van der Waals surface area contributed by atoms with Crippen molar-refractivity contribution >= 4 is 43.9 Å². The number of para-hydroxylation sites is 2. The summed E-state index contributed by atoms with van der Waals surface area (Å²) in [5.41, 5.74) is 22.4. The lowest BCUT2D eigenvalue weighted by Gasteiger charge is -2.32. The second-order valence-corrected chi connectivity index (χ2v) is 19.7. The van der Waals surface area contributed by atoms with E-state index in [0.717, 1.165) is 88.4 Å². The first-order valence-electron chi connectivity index (χ1n) is 25.5. The standard InChI is InChI=1S/C70H41N3O2/c1-2-17-42(18-3-1)43-19-13-22-47(40-43)67-71-68(73-69(72-67)56-31-15-29-54-52-26-7-11-35-61(52)75-66(54)56)55-30-16-36-63-64(55)57-41-45(37-38-62(57)74-63)44-20-12-21-46(39-44)48-27-14-28-53-51-25-6-10-34-60(51)70(65(48)53)58-32-8-4-23-49(58)50-24-5-9-33-59(50)70/h1-41H. The summed E-state index contributed by atoms with van der Waals surface area (Å²) in [6.45, 7) is 0. The van der Waals surface area contributed by atoms with E-state index in [4.69, 9.17) is 23.8 Å². The Hall–Kier alpha value is -9.97. The Bertz CT molecular complexity index is 4610. The zero-order chi connectivity index (χ0) is 49.2. The molecule has 0 amide bonds. The van der Waals surface area contributed by atoms with Crippen molar-refractivity contribution in [2.75, 3.05) is 0 Å². The normalized spacial score (nSPS) is 12.9. The molecule has 0 radical (unpaired) electrons. The second kappa shape index (κ2) is 16.0. The van der Waals surface area contributed by atoms with Crippen LogP contribution in [0.3, 0.4) is 0 Å². The molecule has 3 heterocycles. The minimum Gasteiger partial charge on any atom is -0.456 e. The summed E-state index contributed by atoms with van der Waals surface area (Å²) in [7, 11) is 0. The van der Waals surface area contributed by atoms with Gasteiger partial charge in [0.15, 0.2) is 17.5 Å². The Labute approximate surface area is 431 Å². The van der Waals surface area contributed by atoms with E-state index < -0.39 is 5.41 Å². The fourth-order valence-electron chi connectivity index (χ4n) is 12.6. The maximum absolute atomic E-state index is 6.69. The van der Waals surface area contributed by atoms with Crippen molar-refractivity contribution in [1.82, 2.24) is 15.0 Å². The number of furan rings is 2. The molecule has 5 heteroatoms. The summed E-state index contributed by atoms with van der Waals surface area (Å²) in [6, 6.07) is 88.7. The molecule has 75 heavy (non-hydrogen) atoms. The molecule has 348 valence electrons. The fourth-order valence-corrected chi connectivity index (χ4v) is 12.6. The van der Waals surface area contributed by atoms with E-state index in [1.807, 2.05) is 42.5 Å². The molecule has 1 spiro atoms. The van der Waals surface area contributed by atoms with Gasteiger partial charge in [0.1, 0.15) is 22.3 Å². The first-order chi connectivity index (χ1) is 37.2. The fraction of sp³-hybridized carbons (Fsp3) is 0.0143. The minimum absolute atomic E-state index is 0.464. The molecule has 2 aliphatic carbocycles. The van der Waals surface area contributed by atoms with E-state index in [9.17, 15) is 0 Å². The summed E-state index contributed by atoms with van der Waals surface area (Å²) in [5.74, 6) is 1.62. The predicted molar refractivity (Wildman–Crippen MR) is 303 cm³/mol. The highest BCUT2D eigenvalue weighted by molar-refractivity contribution is 6.13. The van der Waals surface area contributed by atoms with Crippen molar-refractivity contribution in [3.8, 4) is 89.8 Å². The van der Waals surface area contributed by atoms with E-state index in [1.165, 1.54) is 50.1 Å². The van der Waals surface area contributed by atoms with Gasteiger partial charge in [-0.05, 0) is 120 Å². The first-order valence-corrected chi connectivity index (χ1v) is 25.5. The van der Waals surface area contributed by atoms with Gasteiger partial charge in [-0.25, -0.2) is 15.0 Å². The van der Waals surface area contributed by atoms with Gasteiger partial charge >= 0.3 is 0 Å². The van der Waals surface area contributed by atoms with Crippen LogP contribution in [0.2, 0.25) is 0 Å². The third kappa shape index (κ3) is 6.10. The highest BCUT2D eigenvalue weighted by Gasteiger charge is 2.52. The van der Waals surface area contributed by atoms with Crippen molar-refractivity contribution in [1.29, 1.82) is 0 Å². The number of nitrogens with zero attached hydrogens (tertiary/aromatic N) is 3.